The van der Waals surface area contributed by atoms with Crippen LogP contribution in [0.2, 0.25) is 0 Å². The molecule has 0 saturated heterocycles. The van der Waals surface area contributed by atoms with Gasteiger partial charge in [0.05, 0.1) is 5.52 Å². The van der Waals surface area contributed by atoms with Crippen LogP contribution >= 0.6 is 0 Å². The van der Waals surface area contributed by atoms with Crippen LogP contribution in [0.25, 0.3) is 16.4 Å². The molecule has 0 unspecified atom stereocenters. The zero-order chi connectivity index (χ0) is 14.4. The van der Waals surface area contributed by atoms with Crippen molar-refractivity contribution in [2.75, 3.05) is 0 Å². The summed E-state index contributed by atoms with van der Waals surface area (Å²) in [6.45, 7) is -0.0344. The van der Waals surface area contributed by atoms with E-state index in [1.807, 2.05) is 30.3 Å². The van der Waals surface area contributed by atoms with Crippen molar-refractivity contribution < 1.29 is 4.79 Å². The summed E-state index contributed by atoms with van der Waals surface area (Å²) in [6.07, 6.45) is 3.64. The minimum Gasteiger partial charge on any atom is -0.352 e. The van der Waals surface area contributed by atoms with Crippen LogP contribution in [0, 0.1) is 0 Å². The summed E-state index contributed by atoms with van der Waals surface area (Å²) in [5, 5.41) is 7.94. The maximum atomic E-state index is 12.4. The summed E-state index contributed by atoms with van der Waals surface area (Å²) in [5.74, 6) is -0.160. The van der Waals surface area contributed by atoms with Crippen molar-refractivity contribution in [3.05, 3.63) is 47.0 Å². The number of nitrogens with zero attached hydrogens (tertiary/aromatic N) is 3. The predicted molar refractivity (Wildman–Crippen MR) is 78.1 cm³/mol. The van der Waals surface area contributed by atoms with Gasteiger partial charge in [0.25, 0.3) is 5.56 Å². The van der Waals surface area contributed by atoms with Gasteiger partial charge in [-0.1, -0.05) is 18.2 Å². The van der Waals surface area contributed by atoms with E-state index in [0.717, 1.165) is 23.7 Å². The minimum absolute atomic E-state index is 0.0344. The van der Waals surface area contributed by atoms with Gasteiger partial charge >= 0.3 is 0 Å². The Morgan fingerprint density at radius 3 is 2.90 bits per heavy atom. The van der Waals surface area contributed by atoms with Crippen molar-refractivity contribution in [3.63, 3.8) is 0 Å². The molecule has 0 bridgehead atoms. The van der Waals surface area contributed by atoms with Gasteiger partial charge in [-0.05, 0) is 25.0 Å². The average Bonchev–Trinajstić information content (AvgIpc) is 3.20. The molecule has 0 radical (unpaired) electrons. The van der Waals surface area contributed by atoms with Crippen LogP contribution in [0.15, 0.2) is 41.5 Å². The molecule has 1 saturated carbocycles. The molecule has 1 N–H and O–H groups in total. The third kappa shape index (κ3) is 2.08. The fourth-order valence-electron chi connectivity index (χ4n) is 2.51. The van der Waals surface area contributed by atoms with E-state index in [1.54, 1.807) is 10.7 Å². The normalized spacial score (nSPS) is 14.7. The summed E-state index contributed by atoms with van der Waals surface area (Å²) < 4.78 is 2.97. The maximum Gasteiger partial charge on any atom is 0.291 e. The highest BCUT2D eigenvalue weighted by Gasteiger charge is 2.23. The van der Waals surface area contributed by atoms with Crippen LogP contribution in [0.5, 0.6) is 0 Å². The van der Waals surface area contributed by atoms with Crippen LogP contribution < -0.4 is 10.9 Å². The van der Waals surface area contributed by atoms with Gasteiger partial charge in [0.2, 0.25) is 5.91 Å². The molecule has 2 aromatic heterocycles. The zero-order valence-electron chi connectivity index (χ0n) is 11.3. The number of fused-ring (bicyclic) bond motifs is 3. The predicted octanol–water partition coefficient (Wildman–Crippen LogP) is 0.928. The number of benzene rings is 1. The first-order valence-corrected chi connectivity index (χ1v) is 6.98. The second kappa shape index (κ2) is 4.44. The van der Waals surface area contributed by atoms with Crippen LogP contribution in [-0.2, 0) is 11.3 Å². The fraction of sp³-hybridized carbons (Fsp3) is 0.267. The molecule has 0 atom stereocenters. The molecule has 1 aliphatic carbocycles. The molecular formula is C15H14N4O2. The van der Waals surface area contributed by atoms with E-state index in [-0.39, 0.29) is 24.1 Å². The van der Waals surface area contributed by atoms with E-state index in [4.69, 9.17) is 0 Å². The molecule has 1 fully saturated rings. The molecule has 0 spiro atoms. The van der Waals surface area contributed by atoms with Crippen LogP contribution in [0.3, 0.4) is 0 Å². The first-order chi connectivity index (χ1) is 10.2. The van der Waals surface area contributed by atoms with E-state index < -0.39 is 0 Å². The summed E-state index contributed by atoms with van der Waals surface area (Å²) in [7, 11) is 0. The van der Waals surface area contributed by atoms with Gasteiger partial charge in [-0.25, -0.2) is 4.68 Å². The number of carbonyl (C=O) groups excluding carboxylic acids is 1. The standard InChI is InChI=1S/C15H14N4O2/c20-14(17-11-5-6-11)8-19-15(21)13-7-10-3-1-2-4-12(10)18(13)9-16-19/h1-4,7,9,11H,5-6,8H2,(H,17,20). The molecule has 2 heterocycles. The third-order valence-electron chi connectivity index (χ3n) is 3.74. The van der Waals surface area contributed by atoms with Crippen molar-refractivity contribution in [1.82, 2.24) is 19.5 Å². The lowest BCUT2D eigenvalue weighted by molar-refractivity contribution is -0.122. The van der Waals surface area contributed by atoms with Crippen molar-refractivity contribution in [1.29, 1.82) is 0 Å². The van der Waals surface area contributed by atoms with Gasteiger partial charge in [0, 0.05) is 11.4 Å². The Morgan fingerprint density at radius 1 is 1.29 bits per heavy atom. The molecule has 6 heteroatoms. The van der Waals surface area contributed by atoms with E-state index >= 15 is 0 Å². The second-order valence-corrected chi connectivity index (χ2v) is 5.39. The average molecular weight is 282 g/mol. The van der Waals surface area contributed by atoms with Gasteiger partial charge in [0.1, 0.15) is 18.4 Å². The second-order valence-electron chi connectivity index (χ2n) is 5.39. The van der Waals surface area contributed by atoms with Crippen LogP contribution in [-0.4, -0.2) is 26.1 Å². The molecule has 4 rings (SSSR count). The molecule has 21 heavy (non-hydrogen) atoms. The number of hydrogen-bond donors (Lipinski definition) is 1. The number of para-hydroxylation sites is 1. The number of nitrogens with one attached hydrogen (secondary N) is 1. The lowest BCUT2D eigenvalue weighted by atomic mass is 10.2. The molecule has 1 amide bonds. The van der Waals surface area contributed by atoms with Gasteiger partial charge in [-0.15, -0.1) is 0 Å². The molecular weight excluding hydrogens is 268 g/mol. The number of amides is 1. The topological polar surface area (TPSA) is 68.4 Å². The Bertz CT molecular complexity index is 905. The van der Waals surface area contributed by atoms with Crippen molar-refractivity contribution >= 4 is 22.3 Å². The van der Waals surface area contributed by atoms with Gasteiger partial charge < -0.3 is 5.32 Å². The lowest BCUT2D eigenvalue weighted by Gasteiger charge is -2.06. The molecule has 6 nitrogen and oxygen atoms in total. The highest BCUT2D eigenvalue weighted by atomic mass is 16.2. The number of rotatable bonds is 3. The molecule has 0 aliphatic heterocycles. The SMILES string of the molecule is O=C(Cn1ncn2c(cc3ccccc32)c1=O)NC1CC1. The smallest absolute Gasteiger partial charge is 0.291 e. The number of hydrogen-bond acceptors (Lipinski definition) is 3. The van der Waals surface area contributed by atoms with Gasteiger partial charge in [-0.3, -0.25) is 14.0 Å². The third-order valence-corrected chi connectivity index (χ3v) is 3.74. The van der Waals surface area contributed by atoms with E-state index in [9.17, 15) is 9.59 Å². The van der Waals surface area contributed by atoms with E-state index in [0.29, 0.717) is 5.52 Å². The first kappa shape index (κ1) is 12.1. The maximum absolute atomic E-state index is 12.4. The Hall–Kier alpha value is -2.63. The highest BCUT2D eigenvalue weighted by Crippen LogP contribution is 2.18. The number of aromatic nitrogens is 3. The summed E-state index contributed by atoms with van der Waals surface area (Å²) in [4.78, 5) is 24.2. The lowest BCUT2D eigenvalue weighted by Crippen LogP contribution is -2.35. The molecule has 1 aromatic carbocycles. The van der Waals surface area contributed by atoms with Gasteiger partial charge in [0.15, 0.2) is 0 Å². The first-order valence-electron chi connectivity index (χ1n) is 6.98. The Labute approximate surface area is 120 Å². The van der Waals surface area contributed by atoms with E-state index in [1.165, 1.54) is 4.68 Å². The van der Waals surface area contributed by atoms with Crippen molar-refractivity contribution in [2.24, 2.45) is 0 Å². The van der Waals surface area contributed by atoms with Crippen LogP contribution in [0.4, 0.5) is 0 Å². The molecule has 106 valence electrons. The van der Waals surface area contributed by atoms with Gasteiger partial charge in [-0.2, -0.15) is 5.10 Å². The Balaban J connectivity index is 1.76. The molecule has 3 aromatic rings. The zero-order valence-corrected chi connectivity index (χ0v) is 11.3. The number of carbonyl (C=O) groups is 1. The van der Waals surface area contributed by atoms with Crippen LogP contribution in [0.1, 0.15) is 12.8 Å². The quantitative estimate of drug-likeness (QED) is 0.777. The monoisotopic (exact) mass is 282 g/mol. The minimum atomic E-state index is -0.250. The fourth-order valence-corrected chi connectivity index (χ4v) is 2.51. The Morgan fingerprint density at radius 2 is 2.10 bits per heavy atom. The molecule has 1 aliphatic rings. The van der Waals surface area contributed by atoms with Crippen molar-refractivity contribution in [3.8, 4) is 0 Å². The van der Waals surface area contributed by atoms with E-state index in [2.05, 4.69) is 10.4 Å². The summed E-state index contributed by atoms with van der Waals surface area (Å²) in [6, 6.07) is 9.85. The summed E-state index contributed by atoms with van der Waals surface area (Å²) >= 11 is 0. The van der Waals surface area contributed by atoms with Crippen molar-refractivity contribution in [2.45, 2.75) is 25.4 Å². The summed E-state index contributed by atoms with van der Waals surface area (Å²) in [5.41, 5.74) is 1.22. The highest BCUT2D eigenvalue weighted by molar-refractivity contribution is 5.86. The largest absolute Gasteiger partial charge is 0.352 e. The Kier molecular flexibility index (Phi) is 2.57.